The third-order valence-electron chi connectivity index (χ3n) is 5.47. The lowest BCUT2D eigenvalue weighted by Crippen LogP contribution is -2.72. The number of aliphatic hydroxyl groups excluding tert-OH is 2. The summed E-state index contributed by atoms with van der Waals surface area (Å²) in [5.41, 5.74) is 23.3. The van der Waals surface area contributed by atoms with Crippen LogP contribution in [0, 0.1) is 0 Å². The number of carbonyl (C=O) groups is 1. The normalized spacial score (nSPS) is 42.7. The van der Waals surface area contributed by atoms with Gasteiger partial charge in [-0.3, -0.25) is 4.79 Å². The van der Waals surface area contributed by atoms with Gasteiger partial charge in [0.05, 0.1) is 36.9 Å². The number of hydrogen-bond acceptors (Lipinski definition) is 10. The minimum Gasteiger partial charge on any atom is -0.389 e. The molecule has 1 saturated carbocycles. The molecule has 0 bridgehead atoms. The van der Waals surface area contributed by atoms with Gasteiger partial charge in [-0.15, -0.1) is 0 Å². The molecule has 2 rings (SSSR count). The average molecular weight is 391 g/mol. The highest BCUT2D eigenvalue weighted by molar-refractivity contribution is 5.78. The average Bonchev–Trinajstić information content (AvgIpc) is 2.67. The molecule has 0 aromatic rings. The monoisotopic (exact) mass is 391 g/mol. The molecule has 2 aliphatic rings. The lowest BCUT2D eigenvalue weighted by Gasteiger charge is -2.50. The number of hydrogen-bond donors (Lipinski definition) is 6. The van der Waals surface area contributed by atoms with Gasteiger partial charge in [0.2, 0.25) is 5.91 Å². The lowest BCUT2D eigenvalue weighted by molar-refractivity contribution is -0.265. The molecule has 9 unspecified atom stereocenters. The Morgan fingerprint density at radius 2 is 1.85 bits per heavy atom. The topological polar surface area (TPSA) is 193 Å². The number of ether oxygens (including phenoxy) is 3. The van der Waals surface area contributed by atoms with Crippen molar-refractivity contribution >= 4 is 5.91 Å². The SMILES string of the molecule is COC1C(O)C(N)C(OC2OC(CN)CCC2N)C(O)C1N(C)C(=O)CN. The highest BCUT2D eigenvalue weighted by Gasteiger charge is 2.53. The Hall–Kier alpha value is -0.890. The van der Waals surface area contributed by atoms with Gasteiger partial charge in [-0.05, 0) is 12.8 Å². The predicted octanol–water partition coefficient (Wildman–Crippen LogP) is -3.97. The second-order valence-electron chi connectivity index (χ2n) is 7.16. The summed E-state index contributed by atoms with van der Waals surface area (Å²) in [6.45, 7) is 0.0647. The number of aliphatic hydroxyl groups is 2. The van der Waals surface area contributed by atoms with Gasteiger partial charge in [-0.25, -0.2) is 0 Å². The standard InChI is InChI=1S/C16H33N5O6/c1-21(9(22)6-18)11-13(24)14(10(20)12(23)15(11)25-2)27-16-8(19)4-3-7(5-17)26-16/h7-8,10-16,23-24H,3-6,17-20H2,1-2H3. The van der Waals surface area contributed by atoms with Crippen molar-refractivity contribution in [2.24, 2.45) is 22.9 Å². The molecule has 0 spiro atoms. The molecule has 1 amide bonds. The van der Waals surface area contributed by atoms with E-state index in [2.05, 4.69) is 0 Å². The van der Waals surface area contributed by atoms with Gasteiger partial charge < -0.3 is 52.3 Å². The van der Waals surface area contributed by atoms with Crippen LogP contribution in [0.2, 0.25) is 0 Å². The van der Waals surface area contributed by atoms with Crippen LogP contribution in [0.25, 0.3) is 0 Å². The van der Waals surface area contributed by atoms with Gasteiger partial charge >= 0.3 is 0 Å². The van der Waals surface area contributed by atoms with E-state index >= 15 is 0 Å². The Kier molecular flexibility index (Phi) is 7.92. The van der Waals surface area contributed by atoms with Crippen LogP contribution in [0.15, 0.2) is 0 Å². The fourth-order valence-electron chi connectivity index (χ4n) is 3.78. The molecule has 158 valence electrons. The fraction of sp³-hybridized carbons (Fsp3) is 0.938. The molecule has 1 saturated heterocycles. The smallest absolute Gasteiger partial charge is 0.236 e. The van der Waals surface area contributed by atoms with Crippen LogP contribution in [0.3, 0.4) is 0 Å². The maximum atomic E-state index is 12.1. The van der Waals surface area contributed by atoms with Gasteiger partial charge in [0, 0.05) is 20.7 Å². The number of nitrogens with two attached hydrogens (primary N) is 4. The number of amides is 1. The zero-order chi connectivity index (χ0) is 20.3. The first kappa shape index (κ1) is 22.4. The van der Waals surface area contributed by atoms with E-state index in [0.29, 0.717) is 19.4 Å². The summed E-state index contributed by atoms with van der Waals surface area (Å²) in [7, 11) is 2.84. The zero-order valence-corrected chi connectivity index (χ0v) is 15.8. The molecule has 0 aromatic heterocycles. The minimum atomic E-state index is -1.25. The number of carbonyl (C=O) groups excluding carboxylic acids is 1. The second kappa shape index (κ2) is 9.54. The van der Waals surface area contributed by atoms with Gasteiger partial charge in [-0.1, -0.05) is 0 Å². The quantitative estimate of drug-likeness (QED) is 0.260. The molecule has 27 heavy (non-hydrogen) atoms. The molecule has 1 heterocycles. The van der Waals surface area contributed by atoms with Crippen LogP contribution in [-0.4, -0.2) is 103 Å². The van der Waals surface area contributed by atoms with Gasteiger partial charge in [0.15, 0.2) is 6.29 Å². The summed E-state index contributed by atoms with van der Waals surface area (Å²) < 4.78 is 17.0. The summed E-state index contributed by atoms with van der Waals surface area (Å²) in [6.07, 6.45) is -4.06. The molecular formula is C16H33N5O6. The zero-order valence-electron chi connectivity index (χ0n) is 15.8. The molecule has 9 atom stereocenters. The van der Waals surface area contributed by atoms with E-state index in [1.165, 1.54) is 19.1 Å². The molecule has 2 fully saturated rings. The van der Waals surface area contributed by atoms with Crippen molar-refractivity contribution < 1.29 is 29.2 Å². The van der Waals surface area contributed by atoms with E-state index in [1.807, 2.05) is 0 Å². The summed E-state index contributed by atoms with van der Waals surface area (Å²) >= 11 is 0. The number of nitrogens with zero attached hydrogens (tertiary/aromatic N) is 1. The minimum absolute atomic E-state index is 0.208. The second-order valence-corrected chi connectivity index (χ2v) is 7.16. The number of methoxy groups -OCH3 is 1. The van der Waals surface area contributed by atoms with Crippen molar-refractivity contribution in [1.82, 2.24) is 4.90 Å². The van der Waals surface area contributed by atoms with Crippen LogP contribution in [-0.2, 0) is 19.0 Å². The molecule has 11 heteroatoms. The number of likely N-dealkylation sites (N-methyl/N-ethyl adjacent to an activating group) is 1. The highest BCUT2D eigenvalue weighted by atomic mass is 16.7. The summed E-state index contributed by atoms with van der Waals surface area (Å²) in [4.78, 5) is 13.3. The van der Waals surface area contributed by atoms with Gasteiger partial charge in [-0.2, -0.15) is 0 Å². The van der Waals surface area contributed by atoms with Crippen LogP contribution >= 0.6 is 0 Å². The molecule has 0 radical (unpaired) electrons. The molecular weight excluding hydrogens is 358 g/mol. The Labute approximate surface area is 158 Å². The Morgan fingerprint density at radius 3 is 2.41 bits per heavy atom. The number of rotatable bonds is 6. The van der Waals surface area contributed by atoms with E-state index in [1.54, 1.807) is 0 Å². The summed E-state index contributed by atoms with van der Waals surface area (Å²) in [5.74, 6) is -0.420. The highest BCUT2D eigenvalue weighted by Crippen LogP contribution is 2.30. The Bertz CT molecular complexity index is 500. The molecule has 11 nitrogen and oxygen atoms in total. The van der Waals surface area contributed by atoms with Crippen molar-refractivity contribution in [2.45, 2.75) is 67.8 Å². The first-order valence-corrected chi connectivity index (χ1v) is 9.13. The van der Waals surface area contributed by atoms with Crippen molar-refractivity contribution in [1.29, 1.82) is 0 Å². The first-order chi connectivity index (χ1) is 12.8. The molecule has 1 aliphatic heterocycles. The van der Waals surface area contributed by atoms with Crippen molar-refractivity contribution in [3.8, 4) is 0 Å². The third kappa shape index (κ3) is 4.58. The largest absolute Gasteiger partial charge is 0.389 e. The van der Waals surface area contributed by atoms with E-state index in [4.69, 9.17) is 37.1 Å². The molecule has 1 aliphatic carbocycles. The first-order valence-electron chi connectivity index (χ1n) is 9.13. The third-order valence-corrected chi connectivity index (χ3v) is 5.47. The van der Waals surface area contributed by atoms with E-state index in [-0.39, 0.29) is 12.6 Å². The maximum absolute atomic E-state index is 12.1. The van der Waals surface area contributed by atoms with E-state index in [9.17, 15) is 15.0 Å². The Morgan fingerprint density at radius 1 is 1.19 bits per heavy atom. The predicted molar refractivity (Wildman–Crippen MR) is 96.2 cm³/mol. The van der Waals surface area contributed by atoms with Crippen molar-refractivity contribution in [3.63, 3.8) is 0 Å². The summed E-state index contributed by atoms with van der Waals surface area (Å²) in [5, 5.41) is 21.5. The van der Waals surface area contributed by atoms with Crippen LogP contribution in [0.5, 0.6) is 0 Å². The van der Waals surface area contributed by atoms with Crippen LogP contribution in [0.4, 0.5) is 0 Å². The van der Waals surface area contributed by atoms with Crippen molar-refractivity contribution in [2.75, 3.05) is 27.2 Å². The molecule has 0 aromatic carbocycles. The van der Waals surface area contributed by atoms with Crippen LogP contribution < -0.4 is 22.9 Å². The summed E-state index contributed by atoms with van der Waals surface area (Å²) in [6, 6.07) is -2.31. The fourth-order valence-corrected chi connectivity index (χ4v) is 3.78. The van der Waals surface area contributed by atoms with Gasteiger partial charge in [0.1, 0.15) is 18.3 Å². The maximum Gasteiger partial charge on any atom is 0.236 e. The van der Waals surface area contributed by atoms with Crippen LogP contribution in [0.1, 0.15) is 12.8 Å². The Balaban J connectivity index is 2.23. The van der Waals surface area contributed by atoms with E-state index in [0.717, 1.165) is 0 Å². The van der Waals surface area contributed by atoms with Gasteiger partial charge in [0.25, 0.3) is 0 Å². The van der Waals surface area contributed by atoms with Crippen molar-refractivity contribution in [3.05, 3.63) is 0 Å². The van der Waals surface area contributed by atoms with E-state index < -0.39 is 54.7 Å². The lowest BCUT2D eigenvalue weighted by atomic mass is 9.80. The molecule has 10 N–H and O–H groups in total.